The van der Waals surface area contributed by atoms with Gasteiger partial charge in [0.1, 0.15) is 0 Å². The molecule has 2 heterocycles. The zero-order valence-electron chi connectivity index (χ0n) is 10.7. The van der Waals surface area contributed by atoms with Crippen molar-refractivity contribution < 1.29 is 0 Å². The molecule has 0 aliphatic rings. The van der Waals surface area contributed by atoms with E-state index in [-0.39, 0.29) is 6.04 Å². The quantitative estimate of drug-likeness (QED) is 0.825. The molecule has 0 radical (unpaired) electrons. The Bertz CT molecular complexity index is 452. The Labute approximate surface area is 111 Å². The summed E-state index contributed by atoms with van der Waals surface area (Å²) in [6.07, 6.45) is 5.75. The van der Waals surface area contributed by atoms with Crippen molar-refractivity contribution in [2.24, 2.45) is 0 Å². The van der Waals surface area contributed by atoms with Gasteiger partial charge < -0.3 is 5.32 Å². The molecule has 6 nitrogen and oxygen atoms in total. The highest BCUT2D eigenvalue weighted by atomic mass is 32.1. The average Bonchev–Trinajstić information content (AvgIpc) is 3.02. The van der Waals surface area contributed by atoms with E-state index < -0.39 is 0 Å². The molecule has 0 aromatic carbocycles. The molecule has 2 aromatic rings. The lowest BCUT2D eigenvalue weighted by molar-refractivity contribution is 0.507. The number of nitrogens with one attached hydrogen (secondary N) is 1. The Morgan fingerprint density at radius 1 is 1.28 bits per heavy atom. The molecule has 0 aliphatic heterocycles. The SMILES string of the molecule is CCCNC(c1cnns1)c1cnnn1CCC. The molecule has 0 saturated carbocycles. The third kappa shape index (κ3) is 2.91. The number of hydrogen-bond acceptors (Lipinski definition) is 6. The van der Waals surface area contributed by atoms with E-state index >= 15 is 0 Å². The predicted octanol–water partition coefficient (Wildman–Crippen LogP) is 1.63. The summed E-state index contributed by atoms with van der Waals surface area (Å²) in [5.74, 6) is 0. The normalized spacial score (nSPS) is 12.8. The Kier molecular flexibility index (Phi) is 4.77. The minimum absolute atomic E-state index is 0.0894. The van der Waals surface area contributed by atoms with Crippen LogP contribution in [0.4, 0.5) is 0 Å². The second-order valence-electron chi connectivity index (χ2n) is 4.09. The fourth-order valence-electron chi connectivity index (χ4n) is 1.82. The molecule has 7 heteroatoms. The molecule has 0 spiro atoms. The third-order valence-electron chi connectivity index (χ3n) is 2.64. The summed E-state index contributed by atoms with van der Waals surface area (Å²) >= 11 is 1.41. The number of nitrogens with zero attached hydrogens (tertiary/aromatic N) is 5. The molecular formula is C11H18N6S. The van der Waals surface area contributed by atoms with E-state index in [0.29, 0.717) is 0 Å². The summed E-state index contributed by atoms with van der Waals surface area (Å²) in [6, 6.07) is 0.0894. The molecule has 0 bridgehead atoms. The lowest BCUT2D eigenvalue weighted by atomic mass is 10.2. The van der Waals surface area contributed by atoms with Gasteiger partial charge in [0.15, 0.2) is 0 Å². The Hall–Kier alpha value is -1.34. The van der Waals surface area contributed by atoms with Gasteiger partial charge in [-0.15, -0.1) is 10.2 Å². The minimum Gasteiger partial charge on any atom is -0.304 e. The summed E-state index contributed by atoms with van der Waals surface area (Å²) in [5.41, 5.74) is 1.08. The van der Waals surface area contributed by atoms with Crippen LogP contribution in [0.15, 0.2) is 12.4 Å². The predicted molar refractivity (Wildman–Crippen MR) is 70.4 cm³/mol. The molecular weight excluding hydrogens is 248 g/mol. The van der Waals surface area contributed by atoms with E-state index in [4.69, 9.17) is 0 Å². The van der Waals surface area contributed by atoms with Crippen LogP contribution in [0.3, 0.4) is 0 Å². The first kappa shape index (κ1) is 13.1. The number of aromatic nitrogens is 5. The van der Waals surface area contributed by atoms with Gasteiger partial charge in [-0.25, -0.2) is 4.68 Å². The first-order chi connectivity index (χ1) is 8.86. The molecule has 0 amide bonds. The largest absolute Gasteiger partial charge is 0.304 e. The highest BCUT2D eigenvalue weighted by Crippen LogP contribution is 2.23. The monoisotopic (exact) mass is 266 g/mol. The van der Waals surface area contributed by atoms with Gasteiger partial charge in [0.25, 0.3) is 0 Å². The molecule has 98 valence electrons. The second-order valence-corrected chi connectivity index (χ2v) is 4.91. The summed E-state index contributed by atoms with van der Waals surface area (Å²) in [5, 5.41) is 15.6. The van der Waals surface area contributed by atoms with Crippen molar-refractivity contribution >= 4 is 11.5 Å². The Balaban J connectivity index is 2.24. The number of hydrogen-bond donors (Lipinski definition) is 1. The Morgan fingerprint density at radius 3 is 2.83 bits per heavy atom. The van der Waals surface area contributed by atoms with E-state index in [0.717, 1.165) is 36.5 Å². The van der Waals surface area contributed by atoms with Crippen LogP contribution in [-0.4, -0.2) is 31.1 Å². The fourth-order valence-corrected chi connectivity index (χ4v) is 2.41. The molecule has 2 aromatic heterocycles. The van der Waals surface area contributed by atoms with Crippen molar-refractivity contribution in [1.82, 2.24) is 29.9 Å². The number of rotatable bonds is 7. The van der Waals surface area contributed by atoms with Gasteiger partial charge >= 0.3 is 0 Å². The lowest BCUT2D eigenvalue weighted by Crippen LogP contribution is -2.25. The second kappa shape index (κ2) is 6.55. The van der Waals surface area contributed by atoms with Crippen LogP contribution >= 0.6 is 11.5 Å². The van der Waals surface area contributed by atoms with Crippen LogP contribution < -0.4 is 5.32 Å². The Morgan fingerprint density at radius 2 is 2.17 bits per heavy atom. The van der Waals surface area contributed by atoms with Crippen LogP contribution in [0.5, 0.6) is 0 Å². The highest BCUT2D eigenvalue weighted by Gasteiger charge is 2.20. The zero-order valence-corrected chi connectivity index (χ0v) is 11.5. The van der Waals surface area contributed by atoms with E-state index in [9.17, 15) is 0 Å². The first-order valence-electron chi connectivity index (χ1n) is 6.25. The summed E-state index contributed by atoms with van der Waals surface area (Å²) in [4.78, 5) is 1.10. The molecule has 0 fully saturated rings. The minimum atomic E-state index is 0.0894. The van der Waals surface area contributed by atoms with Crippen LogP contribution in [-0.2, 0) is 6.54 Å². The van der Waals surface area contributed by atoms with Crippen molar-refractivity contribution in [2.45, 2.75) is 39.3 Å². The summed E-state index contributed by atoms with van der Waals surface area (Å²) < 4.78 is 5.89. The van der Waals surface area contributed by atoms with Crippen molar-refractivity contribution in [3.05, 3.63) is 23.0 Å². The van der Waals surface area contributed by atoms with Crippen molar-refractivity contribution in [3.8, 4) is 0 Å². The first-order valence-corrected chi connectivity index (χ1v) is 7.03. The third-order valence-corrected chi connectivity index (χ3v) is 3.37. The molecule has 1 atom stereocenters. The maximum Gasteiger partial charge on any atom is 0.0890 e. The molecule has 0 aliphatic carbocycles. The maximum atomic E-state index is 4.14. The van der Waals surface area contributed by atoms with Gasteiger partial charge in [-0.2, -0.15) is 0 Å². The van der Waals surface area contributed by atoms with Crippen LogP contribution in [0, 0.1) is 0 Å². The highest BCUT2D eigenvalue weighted by molar-refractivity contribution is 7.05. The number of aryl methyl sites for hydroxylation is 1. The molecule has 18 heavy (non-hydrogen) atoms. The average molecular weight is 266 g/mol. The van der Waals surface area contributed by atoms with Crippen molar-refractivity contribution in [1.29, 1.82) is 0 Å². The van der Waals surface area contributed by atoms with Crippen LogP contribution in [0.1, 0.15) is 43.3 Å². The van der Waals surface area contributed by atoms with Gasteiger partial charge in [0.2, 0.25) is 0 Å². The maximum absolute atomic E-state index is 4.14. The molecule has 1 unspecified atom stereocenters. The smallest absolute Gasteiger partial charge is 0.0890 e. The lowest BCUT2D eigenvalue weighted by Gasteiger charge is -2.16. The standard InChI is InChI=1S/C11H18N6S/c1-3-5-12-11(10-8-14-16-18-10)9-7-13-15-17(9)6-4-2/h7-8,11-12H,3-6H2,1-2H3. The molecule has 2 rings (SSSR count). The van der Waals surface area contributed by atoms with Crippen molar-refractivity contribution in [2.75, 3.05) is 6.54 Å². The summed E-state index contributed by atoms with van der Waals surface area (Å²) in [6.45, 7) is 6.11. The molecule has 1 N–H and O–H groups in total. The van der Waals surface area contributed by atoms with Gasteiger partial charge in [0, 0.05) is 6.54 Å². The topological polar surface area (TPSA) is 68.5 Å². The van der Waals surface area contributed by atoms with Gasteiger partial charge in [-0.05, 0) is 30.9 Å². The van der Waals surface area contributed by atoms with Gasteiger partial charge in [-0.3, -0.25) is 0 Å². The van der Waals surface area contributed by atoms with Crippen molar-refractivity contribution in [3.63, 3.8) is 0 Å². The van der Waals surface area contributed by atoms with Crippen LogP contribution in [0.25, 0.3) is 0 Å². The van der Waals surface area contributed by atoms with E-state index in [1.54, 1.807) is 6.20 Å². The van der Waals surface area contributed by atoms with Crippen LogP contribution in [0.2, 0.25) is 0 Å². The zero-order chi connectivity index (χ0) is 12.8. The van der Waals surface area contributed by atoms with Gasteiger partial charge in [-0.1, -0.05) is 23.5 Å². The van der Waals surface area contributed by atoms with E-state index in [2.05, 4.69) is 39.1 Å². The van der Waals surface area contributed by atoms with E-state index in [1.165, 1.54) is 11.5 Å². The molecule has 0 saturated heterocycles. The fraction of sp³-hybridized carbons (Fsp3) is 0.636. The summed E-state index contributed by atoms with van der Waals surface area (Å²) in [7, 11) is 0. The van der Waals surface area contributed by atoms with E-state index in [1.807, 2.05) is 10.9 Å². The van der Waals surface area contributed by atoms with Gasteiger partial charge in [0.05, 0.1) is 29.0 Å².